The minimum atomic E-state index is -1.05. The van der Waals surface area contributed by atoms with E-state index in [-0.39, 0.29) is 30.3 Å². The van der Waals surface area contributed by atoms with Crippen molar-refractivity contribution in [2.24, 2.45) is 0 Å². The normalized spacial score (nSPS) is 26.2. The third-order valence-corrected chi connectivity index (χ3v) is 6.61. The lowest BCUT2D eigenvalue weighted by Gasteiger charge is -2.49. The number of hydrogen-bond donors (Lipinski definition) is 1. The first kappa shape index (κ1) is 21.6. The van der Waals surface area contributed by atoms with Crippen LogP contribution in [-0.2, 0) is 9.53 Å². The molecule has 1 aliphatic carbocycles. The number of aromatic nitrogens is 1. The molecule has 5 rings (SSSR count). The van der Waals surface area contributed by atoms with Crippen molar-refractivity contribution in [2.75, 3.05) is 39.8 Å². The molecule has 2 aliphatic heterocycles. The maximum Gasteiger partial charge on any atom is 0.413 e. The van der Waals surface area contributed by atoms with Crippen molar-refractivity contribution < 1.29 is 23.1 Å². The second-order valence-electron chi connectivity index (χ2n) is 8.51. The number of ether oxygens (including phenoxy) is 1. The van der Waals surface area contributed by atoms with Crippen molar-refractivity contribution in [3.05, 3.63) is 48.1 Å². The molecule has 1 aromatic heterocycles. The smallest absolute Gasteiger partial charge is 0.413 e. The zero-order chi connectivity index (χ0) is 23.2. The van der Waals surface area contributed by atoms with E-state index in [1.54, 1.807) is 19.2 Å². The Morgan fingerprint density at radius 3 is 2.76 bits per heavy atom. The topological polar surface area (TPSA) is 91.2 Å². The minimum Gasteiger partial charge on any atom is -0.436 e. The summed E-state index contributed by atoms with van der Waals surface area (Å²) in [5, 5.41) is 3.29. The van der Waals surface area contributed by atoms with E-state index in [0.717, 1.165) is 13.1 Å². The van der Waals surface area contributed by atoms with E-state index in [1.165, 1.54) is 16.7 Å². The number of amides is 2. The number of piperazine rings is 1. The summed E-state index contributed by atoms with van der Waals surface area (Å²) < 4.78 is 27.0. The number of nitrogens with one attached hydrogen (secondary N) is 1. The fourth-order valence-corrected chi connectivity index (χ4v) is 4.66. The Bertz CT molecular complexity index is 1120. The summed E-state index contributed by atoms with van der Waals surface area (Å²) in [5.74, 6) is -0.426. The van der Waals surface area contributed by atoms with E-state index in [0.29, 0.717) is 24.2 Å². The van der Waals surface area contributed by atoms with Gasteiger partial charge < -0.3 is 19.4 Å². The number of oxazole rings is 1. The molecule has 3 aliphatic rings. The van der Waals surface area contributed by atoms with Gasteiger partial charge in [0.1, 0.15) is 17.0 Å². The molecule has 2 atom stereocenters. The molecule has 1 aromatic carbocycles. The summed E-state index contributed by atoms with van der Waals surface area (Å²) in [6.45, 7) is 4.27. The lowest BCUT2D eigenvalue weighted by molar-refractivity contribution is -0.134. The molecule has 3 heterocycles. The quantitative estimate of drug-likeness (QED) is 0.757. The van der Waals surface area contributed by atoms with Crippen LogP contribution in [-0.4, -0.2) is 83.3 Å². The van der Waals surface area contributed by atoms with E-state index in [2.05, 4.69) is 15.2 Å². The molecule has 10 heteroatoms. The predicted molar refractivity (Wildman–Crippen MR) is 118 cm³/mol. The standard InChI is InChI=1S/C23H26FN5O4/c1-15(30)27(2)20-14-29(22(31)33-20)23(28-11-9-25-10-12-28)8-7-16(17(24)13-23)21-26-18-5-3-4-6-19(18)32-21/h3-8,20,25H,9-14H2,1-2H3. The highest BCUT2D eigenvalue weighted by Gasteiger charge is 2.51. The van der Waals surface area contributed by atoms with E-state index >= 15 is 4.39 Å². The van der Waals surface area contributed by atoms with Crippen LogP contribution in [0.5, 0.6) is 0 Å². The first-order valence-electron chi connectivity index (χ1n) is 11.0. The first-order valence-corrected chi connectivity index (χ1v) is 11.0. The lowest BCUT2D eigenvalue weighted by atomic mass is 9.91. The Labute approximate surface area is 190 Å². The summed E-state index contributed by atoms with van der Waals surface area (Å²) in [4.78, 5) is 34.2. The molecule has 2 saturated heterocycles. The molecule has 33 heavy (non-hydrogen) atoms. The van der Waals surface area contributed by atoms with E-state index in [1.807, 2.05) is 24.3 Å². The Morgan fingerprint density at radius 2 is 2.06 bits per heavy atom. The Morgan fingerprint density at radius 1 is 1.30 bits per heavy atom. The zero-order valence-corrected chi connectivity index (χ0v) is 18.6. The monoisotopic (exact) mass is 455 g/mol. The second kappa shape index (κ2) is 8.27. The largest absolute Gasteiger partial charge is 0.436 e. The van der Waals surface area contributed by atoms with Crippen LogP contribution in [0.1, 0.15) is 19.2 Å². The predicted octanol–water partition coefficient (Wildman–Crippen LogP) is 2.33. The zero-order valence-electron chi connectivity index (χ0n) is 18.6. The van der Waals surface area contributed by atoms with Crippen molar-refractivity contribution in [1.82, 2.24) is 25.0 Å². The van der Waals surface area contributed by atoms with Gasteiger partial charge in [0.25, 0.3) is 0 Å². The molecule has 0 saturated carbocycles. The third kappa shape index (κ3) is 3.68. The number of carbonyl (C=O) groups excluding carboxylic acids is 2. The number of para-hydroxylation sites is 2. The van der Waals surface area contributed by atoms with Crippen LogP contribution >= 0.6 is 0 Å². The number of benzene rings is 1. The molecule has 2 unspecified atom stereocenters. The number of fused-ring (bicyclic) bond motifs is 1. The molecule has 2 aromatic rings. The molecule has 0 spiro atoms. The van der Waals surface area contributed by atoms with E-state index in [9.17, 15) is 9.59 Å². The van der Waals surface area contributed by atoms with Crippen molar-refractivity contribution in [3.63, 3.8) is 0 Å². The van der Waals surface area contributed by atoms with Gasteiger partial charge in [-0.15, -0.1) is 0 Å². The van der Waals surface area contributed by atoms with Crippen LogP contribution in [0, 0.1) is 0 Å². The van der Waals surface area contributed by atoms with Gasteiger partial charge in [-0.3, -0.25) is 14.6 Å². The summed E-state index contributed by atoms with van der Waals surface area (Å²) in [5.41, 5.74) is 0.448. The van der Waals surface area contributed by atoms with E-state index in [4.69, 9.17) is 9.15 Å². The minimum absolute atomic E-state index is 0.0663. The third-order valence-electron chi connectivity index (χ3n) is 6.61. The van der Waals surface area contributed by atoms with Crippen molar-refractivity contribution >= 4 is 28.7 Å². The van der Waals surface area contributed by atoms with Crippen LogP contribution in [0.15, 0.2) is 46.7 Å². The fourth-order valence-electron chi connectivity index (χ4n) is 4.66. The van der Waals surface area contributed by atoms with Gasteiger partial charge in [0.2, 0.25) is 11.8 Å². The molecule has 0 radical (unpaired) electrons. The van der Waals surface area contributed by atoms with Gasteiger partial charge in [0.15, 0.2) is 11.8 Å². The number of likely N-dealkylation sites (N-methyl/N-ethyl adjacent to an activating group) is 1. The highest BCUT2D eigenvalue weighted by molar-refractivity contribution is 5.81. The molecule has 0 bridgehead atoms. The first-order chi connectivity index (χ1) is 15.9. The van der Waals surface area contributed by atoms with Crippen molar-refractivity contribution in [2.45, 2.75) is 25.2 Å². The van der Waals surface area contributed by atoms with Crippen LogP contribution in [0.2, 0.25) is 0 Å². The average molecular weight is 455 g/mol. The van der Waals surface area contributed by atoms with Crippen molar-refractivity contribution in [3.8, 4) is 0 Å². The Kier molecular flexibility index (Phi) is 5.41. The van der Waals surface area contributed by atoms with Crippen LogP contribution in [0.4, 0.5) is 9.18 Å². The fraction of sp³-hybridized carbons (Fsp3) is 0.435. The van der Waals surface area contributed by atoms with E-state index < -0.39 is 23.8 Å². The Hall–Kier alpha value is -3.24. The number of cyclic esters (lactones) is 1. The average Bonchev–Trinajstić information content (AvgIpc) is 3.42. The molecule has 2 fully saturated rings. The highest BCUT2D eigenvalue weighted by Crippen LogP contribution is 2.41. The molecule has 1 N–H and O–H groups in total. The summed E-state index contributed by atoms with van der Waals surface area (Å²) in [6, 6.07) is 7.28. The summed E-state index contributed by atoms with van der Waals surface area (Å²) in [7, 11) is 1.59. The number of halogens is 1. The van der Waals surface area contributed by atoms with Gasteiger partial charge in [-0.05, 0) is 24.3 Å². The lowest BCUT2D eigenvalue weighted by Crippen LogP contribution is -2.64. The van der Waals surface area contributed by atoms with Gasteiger partial charge in [-0.1, -0.05) is 12.1 Å². The van der Waals surface area contributed by atoms with Crippen LogP contribution in [0.25, 0.3) is 16.7 Å². The molecule has 174 valence electrons. The molecule has 2 amide bonds. The SMILES string of the molecule is CC(=O)N(C)C1CN(C2(N3CCNCC3)C=CC(c3nc4ccccc4o3)=C(F)C2)C(=O)O1. The van der Waals surface area contributed by atoms with Gasteiger partial charge >= 0.3 is 6.09 Å². The number of nitrogens with zero attached hydrogens (tertiary/aromatic N) is 4. The van der Waals surface area contributed by atoms with Gasteiger partial charge in [0, 0.05) is 46.6 Å². The number of hydrogen-bond acceptors (Lipinski definition) is 7. The van der Waals surface area contributed by atoms with Crippen LogP contribution < -0.4 is 5.32 Å². The number of rotatable bonds is 4. The maximum absolute atomic E-state index is 15.7. The van der Waals surface area contributed by atoms with Gasteiger partial charge in [0.05, 0.1) is 12.1 Å². The number of carbonyl (C=O) groups is 2. The van der Waals surface area contributed by atoms with Crippen LogP contribution in [0.3, 0.4) is 0 Å². The van der Waals surface area contributed by atoms with Gasteiger partial charge in [-0.2, -0.15) is 0 Å². The summed E-state index contributed by atoms with van der Waals surface area (Å²) >= 11 is 0. The van der Waals surface area contributed by atoms with Gasteiger partial charge in [-0.25, -0.2) is 14.2 Å². The van der Waals surface area contributed by atoms with Crippen molar-refractivity contribution in [1.29, 1.82) is 0 Å². The maximum atomic E-state index is 15.7. The molecular weight excluding hydrogens is 429 g/mol. The highest BCUT2D eigenvalue weighted by atomic mass is 19.1. The second-order valence-corrected chi connectivity index (χ2v) is 8.51. The molecule has 9 nitrogen and oxygen atoms in total. The molecular formula is C23H26FN5O4. The number of allylic oxidation sites excluding steroid dienone is 2. The Balaban J connectivity index is 1.50. The summed E-state index contributed by atoms with van der Waals surface area (Å²) in [6.07, 6.45) is 2.11.